The van der Waals surface area contributed by atoms with Crippen LogP contribution in [0.4, 0.5) is 5.00 Å². The van der Waals surface area contributed by atoms with E-state index in [1.54, 1.807) is 6.07 Å². The van der Waals surface area contributed by atoms with Gasteiger partial charge in [0.25, 0.3) is 5.56 Å². The van der Waals surface area contributed by atoms with Gasteiger partial charge in [-0.15, -0.1) is 0 Å². The van der Waals surface area contributed by atoms with Crippen molar-refractivity contribution in [2.45, 2.75) is 32.7 Å². The summed E-state index contributed by atoms with van der Waals surface area (Å²) in [6.45, 7) is 1.74. The lowest BCUT2D eigenvalue weighted by molar-refractivity contribution is -0.117. The molecule has 1 N–H and O–H groups in total. The number of carbonyl (C=O) groups excluding carboxylic acids is 1. The Hall–Kier alpha value is -2.54. The number of hydrogen-bond donors (Lipinski definition) is 1. The summed E-state index contributed by atoms with van der Waals surface area (Å²) < 4.78 is 5.60. The summed E-state index contributed by atoms with van der Waals surface area (Å²) in [6.07, 6.45) is 3.01. The predicted molar refractivity (Wildman–Crippen MR) is 93.5 cm³/mol. The number of benzene rings is 1. The molecule has 1 aliphatic carbocycles. The van der Waals surface area contributed by atoms with Crippen LogP contribution in [0.5, 0.6) is 0 Å². The first-order chi connectivity index (χ1) is 11.6. The van der Waals surface area contributed by atoms with E-state index in [1.807, 2.05) is 25.1 Å². The van der Waals surface area contributed by atoms with Gasteiger partial charge in [-0.3, -0.25) is 9.59 Å². The Kier molecular flexibility index (Phi) is 3.65. The number of fused-ring (bicyclic) bond motifs is 2. The zero-order valence-corrected chi connectivity index (χ0v) is 14.0. The Morgan fingerprint density at radius 3 is 2.92 bits per heavy atom. The number of anilines is 1. The monoisotopic (exact) mass is 340 g/mol. The second-order valence-electron chi connectivity index (χ2n) is 5.93. The molecule has 0 aliphatic heterocycles. The Balaban J connectivity index is 1.61. The van der Waals surface area contributed by atoms with E-state index in [1.165, 1.54) is 16.2 Å². The van der Waals surface area contributed by atoms with Crippen LogP contribution < -0.4 is 10.9 Å². The Bertz CT molecular complexity index is 1010. The molecule has 2 aromatic heterocycles. The number of carbonyl (C=O) groups is 1. The number of amides is 1. The van der Waals surface area contributed by atoms with Crippen molar-refractivity contribution in [3.05, 3.63) is 51.6 Å². The molecule has 0 atom stereocenters. The minimum absolute atomic E-state index is 0.100. The van der Waals surface area contributed by atoms with E-state index in [9.17, 15) is 9.59 Å². The zero-order valence-electron chi connectivity index (χ0n) is 13.2. The van der Waals surface area contributed by atoms with Gasteiger partial charge in [-0.05, 0) is 43.8 Å². The lowest BCUT2D eigenvalue weighted by Crippen LogP contribution is -2.30. The highest BCUT2D eigenvalue weighted by atomic mass is 32.1. The van der Waals surface area contributed by atoms with Gasteiger partial charge >= 0.3 is 0 Å². The summed E-state index contributed by atoms with van der Waals surface area (Å²) in [7, 11) is 0. The summed E-state index contributed by atoms with van der Waals surface area (Å²) in [5.74, 6) is -0.252. The van der Waals surface area contributed by atoms with Crippen molar-refractivity contribution < 1.29 is 4.79 Å². The van der Waals surface area contributed by atoms with Crippen molar-refractivity contribution in [3.8, 4) is 0 Å². The fraction of sp³-hybridized carbons (Fsp3) is 0.294. The van der Waals surface area contributed by atoms with Crippen molar-refractivity contribution in [3.63, 3.8) is 0 Å². The van der Waals surface area contributed by atoms with Crippen LogP contribution in [0.1, 0.15) is 23.4 Å². The number of rotatable bonds is 3. The van der Waals surface area contributed by atoms with Gasteiger partial charge in [0.1, 0.15) is 11.5 Å². The highest BCUT2D eigenvalue weighted by Crippen LogP contribution is 2.31. The second kappa shape index (κ2) is 5.83. The quantitative estimate of drug-likeness (QED) is 0.793. The third-order valence-corrected chi connectivity index (χ3v) is 5.15. The maximum absolute atomic E-state index is 12.5. The van der Waals surface area contributed by atoms with E-state index in [0.29, 0.717) is 5.39 Å². The maximum Gasteiger partial charge on any atom is 0.275 e. The van der Waals surface area contributed by atoms with Crippen LogP contribution in [0.2, 0.25) is 0 Å². The third kappa shape index (κ3) is 2.50. The van der Waals surface area contributed by atoms with E-state index < -0.39 is 0 Å². The first kappa shape index (κ1) is 15.0. The molecule has 4 rings (SSSR count). The maximum atomic E-state index is 12.5. The van der Waals surface area contributed by atoms with E-state index in [-0.39, 0.29) is 18.0 Å². The SMILES string of the molecule is Cc1nn(CC(=O)Nc2snc3c2CCC3)c(=O)c2ccccc12. The molecule has 0 bridgehead atoms. The Labute approximate surface area is 142 Å². The van der Waals surface area contributed by atoms with Crippen LogP contribution in [-0.4, -0.2) is 20.1 Å². The smallest absolute Gasteiger partial charge is 0.275 e. The second-order valence-corrected chi connectivity index (χ2v) is 6.71. The van der Waals surface area contributed by atoms with Crippen molar-refractivity contribution in [1.29, 1.82) is 0 Å². The molecule has 122 valence electrons. The average Bonchev–Trinajstić information content (AvgIpc) is 3.17. The number of hydrogen-bond acceptors (Lipinski definition) is 5. The molecule has 1 amide bonds. The average molecular weight is 340 g/mol. The lowest BCUT2D eigenvalue weighted by Gasteiger charge is -2.09. The normalized spacial score (nSPS) is 13.2. The van der Waals surface area contributed by atoms with Gasteiger partial charge in [-0.2, -0.15) is 9.47 Å². The molecule has 1 aromatic carbocycles. The van der Waals surface area contributed by atoms with Crippen molar-refractivity contribution in [2.75, 3.05) is 5.32 Å². The van der Waals surface area contributed by atoms with Crippen LogP contribution in [-0.2, 0) is 24.2 Å². The molecule has 2 heterocycles. The highest BCUT2D eigenvalue weighted by molar-refractivity contribution is 7.10. The number of aryl methyl sites for hydroxylation is 2. The van der Waals surface area contributed by atoms with E-state index >= 15 is 0 Å². The summed E-state index contributed by atoms with van der Waals surface area (Å²) in [5.41, 5.74) is 2.72. The first-order valence-electron chi connectivity index (χ1n) is 7.87. The molecule has 0 radical (unpaired) electrons. The molecule has 0 fully saturated rings. The van der Waals surface area contributed by atoms with Crippen LogP contribution in [0.3, 0.4) is 0 Å². The fourth-order valence-electron chi connectivity index (χ4n) is 3.14. The van der Waals surface area contributed by atoms with Gasteiger partial charge in [-0.25, -0.2) is 4.68 Å². The highest BCUT2D eigenvalue weighted by Gasteiger charge is 2.20. The van der Waals surface area contributed by atoms with Crippen molar-refractivity contribution in [2.24, 2.45) is 0 Å². The minimum atomic E-state index is -0.252. The van der Waals surface area contributed by atoms with Gasteiger partial charge in [0.2, 0.25) is 5.91 Å². The molecule has 1 aliphatic rings. The molecular formula is C17H16N4O2S. The molecular weight excluding hydrogens is 324 g/mol. The Morgan fingerprint density at radius 1 is 1.29 bits per heavy atom. The van der Waals surface area contributed by atoms with Crippen molar-refractivity contribution >= 4 is 33.2 Å². The molecule has 0 saturated heterocycles. The molecule has 24 heavy (non-hydrogen) atoms. The predicted octanol–water partition coefficient (Wildman–Crippen LogP) is 2.29. The third-order valence-electron chi connectivity index (χ3n) is 4.31. The van der Waals surface area contributed by atoms with Gasteiger partial charge in [0, 0.05) is 10.9 Å². The zero-order chi connectivity index (χ0) is 16.7. The fourth-order valence-corrected chi connectivity index (χ4v) is 4.03. The summed E-state index contributed by atoms with van der Waals surface area (Å²) in [6, 6.07) is 7.31. The molecule has 0 unspecified atom stereocenters. The van der Waals surface area contributed by atoms with Gasteiger partial charge < -0.3 is 5.32 Å². The van der Waals surface area contributed by atoms with E-state index in [2.05, 4.69) is 14.8 Å². The first-order valence-corrected chi connectivity index (χ1v) is 8.64. The van der Waals surface area contributed by atoms with Crippen LogP contribution in [0.15, 0.2) is 29.1 Å². The van der Waals surface area contributed by atoms with Gasteiger partial charge in [0.05, 0.1) is 16.8 Å². The number of aromatic nitrogens is 3. The standard InChI is InChI=1S/C17H16N4O2S/c1-10-11-5-2-3-6-12(11)17(23)21(19-10)9-15(22)18-16-13-7-4-8-14(13)20-24-16/h2-3,5-6H,4,7-9H2,1H3,(H,18,22). The minimum Gasteiger partial charge on any atom is -0.315 e. The Morgan fingerprint density at radius 2 is 2.08 bits per heavy atom. The largest absolute Gasteiger partial charge is 0.315 e. The van der Waals surface area contributed by atoms with Crippen molar-refractivity contribution in [1.82, 2.24) is 14.2 Å². The topological polar surface area (TPSA) is 76.9 Å². The molecule has 0 spiro atoms. The summed E-state index contributed by atoms with van der Waals surface area (Å²) in [5, 5.41) is 9.36. The summed E-state index contributed by atoms with van der Waals surface area (Å²) >= 11 is 1.31. The number of nitrogens with one attached hydrogen (secondary N) is 1. The van der Waals surface area contributed by atoms with Gasteiger partial charge in [0.15, 0.2) is 0 Å². The van der Waals surface area contributed by atoms with Crippen LogP contribution in [0.25, 0.3) is 10.8 Å². The molecule has 6 nitrogen and oxygen atoms in total. The summed E-state index contributed by atoms with van der Waals surface area (Å²) in [4.78, 5) is 24.9. The number of nitrogens with zero attached hydrogens (tertiary/aromatic N) is 3. The van der Waals surface area contributed by atoms with E-state index in [4.69, 9.17) is 0 Å². The van der Waals surface area contributed by atoms with Crippen LogP contribution in [0, 0.1) is 6.92 Å². The molecule has 3 aromatic rings. The van der Waals surface area contributed by atoms with E-state index in [0.717, 1.165) is 46.6 Å². The van der Waals surface area contributed by atoms with Gasteiger partial charge in [-0.1, -0.05) is 18.2 Å². The molecule has 7 heteroatoms. The molecule has 0 saturated carbocycles. The lowest BCUT2D eigenvalue weighted by atomic mass is 10.1. The van der Waals surface area contributed by atoms with Crippen LogP contribution >= 0.6 is 11.5 Å².